The second-order valence-corrected chi connectivity index (χ2v) is 20.6. The van der Waals surface area contributed by atoms with Crippen LogP contribution < -0.4 is 19.7 Å². The Balaban J connectivity index is 0.794. The van der Waals surface area contributed by atoms with Crippen LogP contribution in [0.5, 0.6) is 11.5 Å². The zero-order chi connectivity index (χ0) is 42.9. The van der Waals surface area contributed by atoms with E-state index < -0.39 is 31.4 Å². The highest BCUT2D eigenvalue weighted by atomic mass is 32.2. The lowest BCUT2D eigenvalue weighted by Crippen LogP contribution is -2.55. The van der Waals surface area contributed by atoms with E-state index in [-0.39, 0.29) is 22.9 Å². The van der Waals surface area contributed by atoms with Gasteiger partial charge < -0.3 is 24.7 Å². The Morgan fingerprint density at radius 3 is 2.54 bits per heavy atom. The van der Waals surface area contributed by atoms with Crippen molar-refractivity contribution in [2.45, 2.75) is 93.1 Å². The summed E-state index contributed by atoms with van der Waals surface area (Å²) in [7, 11) is -4.54. The minimum absolute atomic E-state index is 0.00198. The van der Waals surface area contributed by atoms with Gasteiger partial charge in [-0.2, -0.15) is 0 Å². The number of hydrogen-bond donors (Lipinski definition) is 3. The Labute approximate surface area is 366 Å². The van der Waals surface area contributed by atoms with E-state index in [1.165, 1.54) is 50.7 Å². The fourth-order valence-electron chi connectivity index (χ4n) is 11.2. The van der Waals surface area contributed by atoms with E-state index in [0.717, 1.165) is 73.8 Å². The molecule has 3 saturated carbocycles. The second kappa shape index (κ2) is 15.9. The summed E-state index contributed by atoms with van der Waals surface area (Å²) in [4.78, 5) is 37.8. The van der Waals surface area contributed by atoms with Crippen LogP contribution in [0, 0.1) is 27.4 Å². The van der Waals surface area contributed by atoms with Gasteiger partial charge in [0.25, 0.3) is 21.6 Å². The zero-order valence-corrected chi connectivity index (χ0v) is 36.0. The number of fused-ring (bicyclic) bond motifs is 2. The van der Waals surface area contributed by atoms with Crippen LogP contribution >= 0.6 is 0 Å². The van der Waals surface area contributed by atoms with Crippen molar-refractivity contribution in [3.8, 4) is 11.5 Å². The predicted molar refractivity (Wildman–Crippen MR) is 239 cm³/mol. The molecule has 3 saturated heterocycles. The number of nitrogens with zero attached hydrogens (tertiary/aromatic N) is 4. The summed E-state index contributed by atoms with van der Waals surface area (Å²) in [6, 6.07) is 23.7. The van der Waals surface area contributed by atoms with Crippen molar-refractivity contribution in [2.75, 3.05) is 43.1 Å². The third-order valence-corrected chi connectivity index (χ3v) is 16.2. The third-order valence-electron chi connectivity index (χ3n) is 14.9. The zero-order valence-electron chi connectivity index (χ0n) is 35.2. The van der Waals surface area contributed by atoms with Crippen molar-refractivity contribution in [3.63, 3.8) is 0 Å². The lowest BCUT2D eigenvalue weighted by atomic mass is 9.59. The van der Waals surface area contributed by atoms with E-state index in [9.17, 15) is 23.3 Å². The van der Waals surface area contributed by atoms with Crippen LogP contribution in [0.25, 0.3) is 11.0 Å². The second-order valence-electron chi connectivity index (χ2n) is 18.9. The van der Waals surface area contributed by atoms with Crippen molar-refractivity contribution >= 4 is 44.0 Å². The first-order chi connectivity index (χ1) is 30.6. The molecule has 5 aromatic rings. The molecule has 63 heavy (non-hydrogen) atoms. The van der Waals surface area contributed by atoms with Crippen LogP contribution in [0.15, 0.2) is 90.1 Å². The van der Waals surface area contributed by atoms with Crippen molar-refractivity contribution < 1.29 is 27.6 Å². The van der Waals surface area contributed by atoms with Crippen LogP contribution in [0.3, 0.4) is 0 Å². The van der Waals surface area contributed by atoms with Crippen molar-refractivity contribution in [1.82, 2.24) is 19.6 Å². The monoisotopic (exact) mass is 871 g/mol. The van der Waals surface area contributed by atoms with E-state index in [1.54, 1.807) is 41.7 Å². The first-order valence-corrected chi connectivity index (χ1v) is 24.1. The summed E-state index contributed by atoms with van der Waals surface area (Å²) in [6.45, 7) is 3.49. The summed E-state index contributed by atoms with van der Waals surface area (Å²) in [5.74, 6) is 1.52. The molecular formula is C48H53N7O7S. The first kappa shape index (κ1) is 40.3. The van der Waals surface area contributed by atoms with Crippen LogP contribution in [-0.4, -0.2) is 79.0 Å². The topological polar surface area (TPSA) is 172 Å². The van der Waals surface area contributed by atoms with Gasteiger partial charge in [0, 0.05) is 80.4 Å². The van der Waals surface area contributed by atoms with Gasteiger partial charge in [-0.15, -0.1) is 0 Å². The number of nitro benzene ring substituents is 1. The number of pyridine rings is 1. The fourth-order valence-corrected chi connectivity index (χ4v) is 12.2. The Morgan fingerprint density at radius 2 is 1.76 bits per heavy atom. The maximum atomic E-state index is 14.0. The number of hydrogen-bond acceptors (Lipinski definition) is 11. The van der Waals surface area contributed by atoms with Gasteiger partial charge in [-0.25, -0.2) is 18.1 Å². The molecule has 15 heteroatoms. The number of H-pyrrole nitrogens is 1. The molecule has 1 spiro atoms. The predicted octanol–water partition coefficient (Wildman–Crippen LogP) is 8.68. The number of sulfonamides is 1. The molecule has 2 aromatic heterocycles. The van der Waals surface area contributed by atoms with Gasteiger partial charge in [0.2, 0.25) is 0 Å². The maximum Gasteiger partial charge on any atom is 0.293 e. The van der Waals surface area contributed by atoms with Crippen molar-refractivity contribution in [2.24, 2.45) is 17.3 Å². The molecule has 3 N–H and O–H groups in total. The summed E-state index contributed by atoms with van der Waals surface area (Å²) in [5.41, 5.74) is 4.88. The molecule has 3 aromatic carbocycles. The number of nitrogens with one attached hydrogen (secondary N) is 3. The van der Waals surface area contributed by atoms with E-state index in [4.69, 9.17) is 9.47 Å². The summed E-state index contributed by atoms with van der Waals surface area (Å²) >= 11 is 0. The third kappa shape index (κ3) is 7.92. The normalized spacial score (nSPS) is 23.6. The number of anilines is 2. The van der Waals surface area contributed by atoms with Gasteiger partial charge >= 0.3 is 0 Å². The van der Waals surface area contributed by atoms with E-state index in [2.05, 4.69) is 54.1 Å². The van der Waals surface area contributed by atoms with Crippen molar-refractivity contribution in [1.29, 1.82) is 0 Å². The van der Waals surface area contributed by atoms with E-state index >= 15 is 0 Å². The standard InChI is InChI=1S/C48H53N7O7S/c56-47(52-63(59,60)37-8-10-41(44(25-37)55(57)58)50-28-30-12-19-61-20-13-30)40-9-7-34(24-45(40)62-36-21-32-11-16-49-46(32)51-29-36)53-17-14-48(15-18-53)26-35(27-48)54-42-22-33(42)23-43(54)39-4-2-1-3-38(39)31-5-6-31/h1-4,7-11,16,21,24-25,29-31,33,35,42-43,50H,5-6,12-15,17-20,22-23,26-28H2,(H,49,51)(H,52,56). The SMILES string of the molecule is O=C(NS(=O)(=O)c1ccc(NCC2CCOCC2)c([N+](=O)[O-])c1)c1ccc(N2CCC3(CC2)CC(N2C(c4ccccc4C4CC4)CC4CC42)C3)cc1Oc1cnc2[nH]ccc2c1. The average Bonchev–Trinajstić information content (AvgIpc) is 4.20. The first-order valence-electron chi connectivity index (χ1n) is 22.6. The Morgan fingerprint density at radius 1 is 0.968 bits per heavy atom. The molecule has 328 valence electrons. The number of rotatable bonds is 13. The summed E-state index contributed by atoms with van der Waals surface area (Å²) in [6.07, 6.45) is 14.9. The van der Waals surface area contributed by atoms with Crippen molar-refractivity contribution in [3.05, 3.63) is 112 Å². The fraction of sp³-hybridized carbons (Fsp3) is 0.458. The van der Waals surface area contributed by atoms with Crippen LogP contribution in [-0.2, 0) is 14.8 Å². The Hall–Kier alpha value is -5.51. The van der Waals surface area contributed by atoms with Crippen LogP contribution in [0.1, 0.15) is 97.7 Å². The van der Waals surface area contributed by atoms with Gasteiger partial charge in [0.1, 0.15) is 22.8 Å². The van der Waals surface area contributed by atoms with E-state index in [0.29, 0.717) is 48.7 Å². The summed E-state index contributed by atoms with van der Waals surface area (Å²) < 4.78 is 41.4. The number of likely N-dealkylation sites (tertiary alicyclic amines) is 1. The number of ether oxygens (including phenoxy) is 2. The molecule has 6 aliphatic rings. The van der Waals surface area contributed by atoms with Gasteiger partial charge in [-0.3, -0.25) is 19.8 Å². The highest BCUT2D eigenvalue weighted by Gasteiger charge is 2.59. The molecule has 3 unspecified atom stereocenters. The molecule has 14 nitrogen and oxygen atoms in total. The molecule has 6 fully saturated rings. The molecule has 0 bridgehead atoms. The molecule has 0 radical (unpaired) electrons. The van der Waals surface area contributed by atoms with Crippen LogP contribution in [0.2, 0.25) is 0 Å². The Kier molecular flexibility index (Phi) is 10.2. The average molecular weight is 872 g/mol. The lowest BCUT2D eigenvalue weighted by Gasteiger charge is -2.56. The molecular weight excluding hydrogens is 819 g/mol. The lowest BCUT2D eigenvalue weighted by molar-refractivity contribution is -0.384. The van der Waals surface area contributed by atoms with Gasteiger partial charge in [-0.1, -0.05) is 24.3 Å². The maximum absolute atomic E-state index is 14.0. The minimum atomic E-state index is -4.54. The number of piperidine rings is 2. The van der Waals surface area contributed by atoms with Gasteiger partial charge in [-0.05, 0) is 135 Å². The molecule has 11 rings (SSSR count). The molecule has 3 aliphatic carbocycles. The largest absolute Gasteiger partial charge is 0.455 e. The number of carbonyl (C=O) groups is 1. The minimum Gasteiger partial charge on any atom is -0.455 e. The van der Waals surface area contributed by atoms with Gasteiger partial charge in [0.05, 0.1) is 21.6 Å². The number of benzene rings is 3. The van der Waals surface area contributed by atoms with E-state index in [1.807, 2.05) is 12.1 Å². The molecule has 5 heterocycles. The number of carbonyl (C=O) groups excluding carboxylic acids is 1. The van der Waals surface area contributed by atoms with Gasteiger partial charge in [0.15, 0.2) is 0 Å². The Bertz CT molecular complexity index is 2680. The summed E-state index contributed by atoms with van der Waals surface area (Å²) in [5, 5.41) is 16.0. The quantitative estimate of drug-likeness (QED) is 0.0764. The number of nitro groups is 1. The molecule has 1 amide bonds. The van der Waals surface area contributed by atoms with Crippen LogP contribution in [0.4, 0.5) is 17.1 Å². The highest BCUT2D eigenvalue weighted by molar-refractivity contribution is 7.90. The smallest absolute Gasteiger partial charge is 0.293 e. The molecule has 3 aliphatic heterocycles. The number of aromatic amines is 1. The number of amides is 1. The molecule has 3 atom stereocenters. The highest BCUT2D eigenvalue weighted by Crippen LogP contribution is 2.62. The number of aromatic nitrogens is 2.